The van der Waals surface area contributed by atoms with Gasteiger partial charge in [0.1, 0.15) is 6.29 Å². The summed E-state index contributed by atoms with van der Waals surface area (Å²) in [5.41, 5.74) is 1.21. The van der Waals surface area contributed by atoms with Gasteiger partial charge in [-0.1, -0.05) is 30.9 Å². The number of amides is 1. The molecule has 1 amide bonds. The minimum atomic E-state index is -0.240. The molecule has 0 aliphatic rings. The highest BCUT2D eigenvalue weighted by Gasteiger charge is 2.06. The molecule has 3 heteroatoms. The molecule has 0 aliphatic carbocycles. The van der Waals surface area contributed by atoms with Crippen molar-refractivity contribution in [2.24, 2.45) is 0 Å². The molecule has 0 heterocycles. The van der Waals surface area contributed by atoms with Crippen LogP contribution in [0.15, 0.2) is 43.1 Å². The zero-order valence-corrected chi connectivity index (χ0v) is 8.14. The molecular formula is C12H11NO2. The van der Waals surface area contributed by atoms with Gasteiger partial charge in [0, 0.05) is 5.56 Å². The van der Waals surface area contributed by atoms with E-state index in [1.165, 1.54) is 12.3 Å². The molecule has 0 aromatic heterocycles. The van der Waals surface area contributed by atoms with E-state index in [0.717, 1.165) is 0 Å². The van der Waals surface area contributed by atoms with Crippen LogP contribution in [0, 0.1) is 0 Å². The van der Waals surface area contributed by atoms with Gasteiger partial charge in [-0.2, -0.15) is 0 Å². The number of aldehydes is 1. The predicted molar refractivity (Wildman–Crippen MR) is 59.2 cm³/mol. The molecule has 0 saturated carbocycles. The predicted octanol–water partition coefficient (Wildman–Crippen LogP) is 1.77. The van der Waals surface area contributed by atoms with E-state index < -0.39 is 0 Å². The number of hydrogen-bond donors (Lipinski definition) is 1. The fourth-order valence-electron chi connectivity index (χ4n) is 1.16. The number of hydrogen-bond acceptors (Lipinski definition) is 2. The number of carbonyl (C=O) groups is 2. The summed E-state index contributed by atoms with van der Waals surface area (Å²) in [5, 5.41) is 2.48. The first-order valence-corrected chi connectivity index (χ1v) is 4.42. The highest BCUT2D eigenvalue weighted by atomic mass is 16.1. The van der Waals surface area contributed by atoms with E-state index in [0.29, 0.717) is 17.4 Å². The van der Waals surface area contributed by atoms with Crippen LogP contribution in [0.25, 0.3) is 6.08 Å². The zero-order chi connectivity index (χ0) is 11.1. The third-order valence-electron chi connectivity index (χ3n) is 1.79. The molecule has 0 bridgehead atoms. The van der Waals surface area contributed by atoms with E-state index >= 15 is 0 Å². The quantitative estimate of drug-likeness (QED) is 0.596. The van der Waals surface area contributed by atoms with Gasteiger partial charge in [0.2, 0.25) is 0 Å². The molecule has 0 spiro atoms. The van der Waals surface area contributed by atoms with Crippen LogP contribution in [0.2, 0.25) is 0 Å². The van der Waals surface area contributed by atoms with E-state index in [2.05, 4.69) is 11.9 Å². The maximum Gasteiger partial charge on any atom is 0.255 e. The van der Waals surface area contributed by atoms with Gasteiger partial charge >= 0.3 is 0 Å². The largest absolute Gasteiger partial charge is 0.329 e. The topological polar surface area (TPSA) is 46.2 Å². The van der Waals surface area contributed by atoms with Gasteiger partial charge in [0.05, 0.1) is 0 Å². The highest BCUT2D eigenvalue weighted by molar-refractivity contribution is 5.98. The Morgan fingerprint density at radius 1 is 1.33 bits per heavy atom. The lowest BCUT2D eigenvalue weighted by Crippen LogP contribution is -2.17. The third-order valence-corrected chi connectivity index (χ3v) is 1.79. The van der Waals surface area contributed by atoms with Gasteiger partial charge in [0.25, 0.3) is 5.91 Å². The number of allylic oxidation sites excluding steroid dienone is 1. The van der Waals surface area contributed by atoms with Crippen LogP contribution in [0.3, 0.4) is 0 Å². The lowest BCUT2D eigenvalue weighted by atomic mass is 10.1. The normalized spacial score (nSPS) is 9.87. The van der Waals surface area contributed by atoms with Crippen molar-refractivity contribution in [3.63, 3.8) is 0 Å². The maximum atomic E-state index is 11.5. The van der Waals surface area contributed by atoms with E-state index in [1.807, 2.05) is 0 Å². The molecule has 0 aliphatic heterocycles. The van der Waals surface area contributed by atoms with E-state index in [9.17, 15) is 9.59 Å². The summed E-state index contributed by atoms with van der Waals surface area (Å²) in [7, 11) is 0. The summed E-state index contributed by atoms with van der Waals surface area (Å²) >= 11 is 0. The fraction of sp³-hybridized carbons (Fsp3) is 0. The molecule has 1 aromatic rings. The molecule has 0 radical (unpaired) electrons. The second-order valence-corrected chi connectivity index (χ2v) is 2.76. The lowest BCUT2D eigenvalue weighted by Gasteiger charge is -2.03. The minimum absolute atomic E-state index is 0.240. The first-order chi connectivity index (χ1) is 7.29. The summed E-state index contributed by atoms with van der Waals surface area (Å²) < 4.78 is 0. The van der Waals surface area contributed by atoms with Crippen molar-refractivity contribution < 1.29 is 9.59 Å². The molecule has 0 saturated heterocycles. The molecule has 1 N–H and O–H groups in total. The van der Waals surface area contributed by atoms with E-state index in [4.69, 9.17) is 0 Å². The second-order valence-electron chi connectivity index (χ2n) is 2.76. The van der Waals surface area contributed by atoms with Crippen LogP contribution >= 0.6 is 0 Å². The summed E-state index contributed by atoms with van der Waals surface area (Å²) in [5.74, 6) is -0.240. The van der Waals surface area contributed by atoms with Gasteiger partial charge in [0.15, 0.2) is 0 Å². The number of carbonyl (C=O) groups excluding carboxylic acids is 2. The van der Waals surface area contributed by atoms with Gasteiger partial charge < -0.3 is 5.32 Å². The van der Waals surface area contributed by atoms with Crippen molar-refractivity contribution in [1.82, 2.24) is 5.32 Å². The van der Waals surface area contributed by atoms with Gasteiger partial charge in [-0.25, -0.2) is 0 Å². The molecule has 15 heavy (non-hydrogen) atoms. The van der Waals surface area contributed by atoms with Gasteiger partial charge in [-0.3, -0.25) is 9.59 Å². The Kier molecular flexibility index (Phi) is 4.04. The van der Waals surface area contributed by atoms with Crippen LogP contribution in [-0.4, -0.2) is 12.2 Å². The van der Waals surface area contributed by atoms with Crippen molar-refractivity contribution >= 4 is 18.3 Å². The SMILES string of the molecule is C=CNC(=O)c1ccccc1/C=C/C=O. The number of rotatable bonds is 4. The Balaban J connectivity index is 3.05. The van der Waals surface area contributed by atoms with Crippen LogP contribution in [-0.2, 0) is 4.79 Å². The van der Waals surface area contributed by atoms with Crippen molar-refractivity contribution in [1.29, 1.82) is 0 Å². The average molecular weight is 201 g/mol. The zero-order valence-electron chi connectivity index (χ0n) is 8.14. The van der Waals surface area contributed by atoms with Crippen LogP contribution in [0.4, 0.5) is 0 Å². The van der Waals surface area contributed by atoms with Crippen molar-refractivity contribution in [3.05, 3.63) is 54.2 Å². The Morgan fingerprint density at radius 3 is 2.73 bits per heavy atom. The molecule has 1 aromatic carbocycles. The first kappa shape index (κ1) is 10.9. The molecule has 0 atom stereocenters. The second kappa shape index (κ2) is 5.54. The summed E-state index contributed by atoms with van der Waals surface area (Å²) in [6.45, 7) is 3.41. The maximum absolute atomic E-state index is 11.5. The summed E-state index contributed by atoms with van der Waals surface area (Å²) in [6, 6.07) is 7.01. The Labute approximate surface area is 88.1 Å². The highest BCUT2D eigenvalue weighted by Crippen LogP contribution is 2.10. The molecule has 0 fully saturated rings. The average Bonchev–Trinajstić information content (AvgIpc) is 2.27. The standard InChI is InChI=1S/C12H11NO2/c1-2-13-12(15)11-8-4-3-6-10(11)7-5-9-14/h2-9H,1H2,(H,13,15)/b7-5+. The molecule has 76 valence electrons. The summed E-state index contributed by atoms with van der Waals surface area (Å²) in [4.78, 5) is 21.7. The van der Waals surface area contributed by atoms with E-state index in [1.54, 1.807) is 30.3 Å². The smallest absolute Gasteiger partial charge is 0.255 e. The van der Waals surface area contributed by atoms with Crippen LogP contribution in [0.1, 0.15) is 15.9 Å². The minimum Gasteiger partial charge on any atom is -0.329 e. The van der Waals surface area contributed by atoms with Gasteiger partial charge in [-0.15, -0.1) is 0 Å². The third kappa shape index (κ3) is 2.91. The number of nitrogens with one attached hydrogen (secondary N) is 1. The Hall–Kier alpha value is -2.16. The van der Waals surface area contributed by atoms with Crippen LogP contribution < -0.4 is 5.32 Å². The van der Waals surface area contributed by atoms with Crippen molar-refractivity contribution in [2.75, 3.05) is 0 Å². The van der Waals surface area contributed by atoms with Gasteiger partial charge in [-0.05, 0) is 23.9 Å². The molecule has 1 rings (SSSR count). The Morgan fingerprint density at radius 2 is 2.07 bits per heavy atom. The molecule has 3 nitrogen and oxygen atoms in total. The summed E-state index contributed by atoms with van der Waals surface area (Å²) in [6.07, 6.45) is 4.93. The first-order valence-electron chi connectivity index (χ1n) is 4.42. The van der Waals surface area contributed by atoms with Crippen molar-refractivity contribution in [2.45, 2.75) is 0 Å². The molecule has 0 unspecified atom stereocenters. The lowest BCUT2D eigenvalue weighted by molar-refractivity contribution is -0.104. The fourth-order valence-corrected chi connectivity index (χ4v) is 1.16. The van der Waals surface area contributed by atoms with Crippen molar-refractivity contribution in [3.8, 4) is 0 Å². The van der Waals surface area contributed by atoms with Crippen LogP contribution in [0.5, 0.6) is 0 Å². The Bertz CT molecular complexity index is 408. The van der Waals surface area contributed by atoms with E-state index in [-0.39, 0.29) is 5.91 Å². The monoisotopic (exact) mass is 201 g/mol. The number of benzene rings is 1. The molecular weight excluding hydrogens is 190 g/mol.